The Balaban J connectivity index is 0.000000199. The zero-order valence-corrected chi connectivity index (χ0v) is 24.3. The molecular weight excluding hydrogens is 583 g/mol. The molecule has 0 aromatic heterocycles. The molecule has 6 rings (SSSR count). The van der Waals surface area contributed by atoms with Crippen LogP contribution in [0.1, 0.15) is 12.8 Å². The van der Waals surface area contributed by atoms with E-state index in [0.29, 0.717) is 35.0 Å². The summed E-state index contributed by atoms with van der Waals surface area (Å²) in [6.45, 7) is 2.94. The molecule has 0 saturated carbocycles. The van der Waals surface area contributed by atoms with Crippen molar-refractivity contribution >= 4 is 34.6 Å². The SMILES string of the molecule is Fc1[c-]c(F)c(N2CC(CCl)C2)cc1.Fc1[c-]c(F)c(N2CC(CCl)C2)cc1.[C-]1=CC=CC1.[C-]1=CC=CC1.[Ti+4]. The van der Waals surface area contributed by atoms with Crippen LogP contribution in [0.15, 0.2) is 60.7 Å². The molecule has 0 spiro atoms. The Morgan fingerprint density at radius 1 is 0.667 bits per heavy atom. The van der Waals surface area contributed by atoms with Crippen molar-refractivity contribution in [3.8, 4) is 0 Å². The molecule has 0 atom stereocenters. The molecule has 2 aromatic carbocycles. The molecule has 2 saturated heterocycles. The molecule has 0 radical (unpaired) electrons. The number of benzene rings is 2. The fourth-order valence-corrected chi connectivity index (χ4v) is 4.16. The van der Waals surface area contributed by atoms with E-state index >= 15 is 0 Å². The smallest absolute Gasteiger partial charge is 0.420 e. The second kappa shape index (κ2) is 17.7. The number of rotatable bonds is 4. The topological polar surface area (TPSA) is 6.48 Å². The Kier molecular flexibility index (Phi) is 15.0. The fourth-order valence-electron chi connectivity index (χ4n) is 3.77. The summed E-state index contributed by atoms with van der Waals surface area (Å²) in [5.41, 5.74) is 0.820. The molecule has 2 nitrogen and oxygen atoms in total. The molecule has 2 aliphatic carbocycles. The maximum atomic E-state index is 13.2. The van der Waals surface area contributed by atoms with Crippen molar-refractivity contribution in [2.24, 2.45) is 11.8 Å². The van der Waals surface area contributed by atoms with Gasteiger partial charge in [-0.2, -0.15) is 12.2 Å². The first-order chi connectivity index (χ1) is 18.4. The molecule has 9 heteroatoms. The second-order valence-corrected chi connectivity index (χ2v) is 9.48. The average Bonchev–Trinajstić information content (AvgIpc) is 3.60. The van der Waals surface area contributed by atoms with Crippen LogP contribution in [0.5, 0.6) is 0 Å². The van der Waals surface area contributed by atoms with E-state index in [0.717, 1.165) is 39.0 Å². The van der Waals surface area contributed by atoms with Crippen LogP contribution in [-0.2, 0) is 21.7 Å². The van der Waals surface area contributed by atoms with Crippen LogP contribution in [0.3, 0.4) is 0 Å². The van der Waals surface area contributed by atoms with Crippen molar-refractivity contribution < 1.29 is 39.3 Å². The largest absolute Gasteiger partial charge is 4.00 e. The summed E-state index contributed by atoms with van der Waals surface area (Å²) in [4.78, 5) is 3.66. The first kappa shape index (κ1) is 33.2. The summed E-state index contributed by atoms with van der Waals surface area (Å²) in [6, 6.07) is 9.33. The van der Waals surface area contributed by atoms with Crippen LogP contribution in [0.2, 0.25) is 0 Å². The van der Waals surface area contributed by atoms with Gasteiger partial charge in [0.2, 0.25) is 0 Å². The molecule has 204 valence electrons. The normalized spacial score (nSPS) is 16.7. The van der Waals surface area contributed by atoms with Gasteiger partial charge >= 0.3 is 21.7 Å². The molecule has 0 amide bonds. The maximum absolute atomic E-state index is 13.2. The van der Waals surface area contributed by atoms with E-state index in [9.17, 15) is 17.6 Å². The number of nitrogens with zero attached hydrogens (tertiary/aromatic N) is 2. The Morgan fingerprint density at radius 2 is 1.05 bits per heavy atom. The molecule has 0 unspecified atom stereocenters. The Morgan fingerprint density at radius 3 is 1.28 bits per heavy atom. The maximum Gasteiger partial charge on any atom is 4.00 e. The molecule has 0 N–H and O–H groups in total. The quantitative estimate of drug-likeness (QED) is 0.153. The molecule has 0 bridgehead atoms. The fraction of sp³-hybridized carbons (Fsp3) is 0.333. The third-order valence-electron chi connectivity index (χ3n) is 5.89. The van der Waals surface area contributed by atoms with Crippen molar-refractivity contribution in [3.05, 3.63) is 108 Å². The van der Waals surface area contributed by atoms with Crippen molar-refractivity contribution in [1.82, 2.24) is 0 Å². The zero-order chi connectivity index (χ0) is 27.3. The van der Waals surface area contributed by atoms with Crippen LogP contribution < -0.4 is 9.80 Å². The first-order valence-corrected chi connectivity index (χ1v) is 13.3. The molecule has 2 aromatic rings. The minimum atomic E-state index is -0.666. The Labute approximate surface area is 253 Å². The molecule has 39 heavy (non-hydrogen) atoms. The number of halogens is 6. The zero-order valence-electron chi connectivity index (χ0n) is 21.2. The summed E-state index contributed by atoms with van der Waals surface area (Å²) in [7, 11) is 0. The predicted molar refractivity (Wildman–Crippen MR) is 146 cm³/mol. The van der Waals surface area contributed by atoms with Crippen LogP contribution in [-0.4, -0.2) is 37.9 Å². The van der Waals surface area contributed by atoms with E-state index in [2.05, 4.69) is 24.3 Å². The predicted octanol–water partition coefficient (Wildman–Crippen LogP) is 7.49. The van der Waals surface area contributed by atoms with E-state index in [1.54, 1.807) is 0 Å². The van der Waals surface area contributed by atoms with Gasteiger partial charge in [0, 0.05) is 73.0 Å². The van der Waals surface area contributed by atoms with Crippen LogP contribution >= 0.6 is 23.2 Å². The van der Waals surface area contributed by atoms with Crippen molar-refractivity contribution in [1.29, 1.82) is 0 Å². The average molecular weight is 611 g/mol. The monoisotopic (exact) mass is 610 g/mol. The summed E-state index contributed by atoms with van der Waals surface area (Å²) in [6.07, 6.45) is 20.0. The van der Waals surface area contributed by atoms with Gasteiger partial charge in [0.25, 0.3) is 0 Å². The Bertz CT molecular complexity index is 1030. The summed E-state index contributed by atoms with van der Waals surface area (Å²) in [5.74, 6) is -0.578. The van der Waals surface area contributed by atoms with E-state index < -0.39 is 23.3 Å². The van der Waals surface area contributed by atoms with E-state index in [1.807, 2.05) is 46.2 Å². The van der Waals surface area contributed by atoms with Gasteiger partial charge in [-0.15, -0.1) is 72.4 Å². The van der Waals surface area contributed by atoms with Gasteiger partial charge < -0.3 is 9.80 Å². The van der Waals surface area contributed by atoms with Gasteiger partial charge in [-0.3, -0.25) is 12.2 Å². The van der Waals surface area contributed by atoms with Gasteiger partial charge in [0.05, 0.1) is 0 Å². The van der Waals surface area contributed by atoms with Crippen molar-refractivity contribution in [2.45, 2.75) is 12.8 Å². The van der Waals surface area contributed by atoms with Crippen molar-refractivity contribution in [3.63, 3.8) is 0 Å². The van der Waals surface area contributed by atoms with E-state index in [4.69, 9.17) is 23.2 Å². The van der Waals surface area contributed by atoms with E-state index in [-0.39, 0.29) is 21.7 Å². The first-order valence-electron chi connectivity index (χ1n) is 12.2. The molecular formula is C30H28Cl2F4N2Ti. The number of hydrogen-bond acceptors (Lipinski definition) is 2. The minimum Gasteiger partial charge on any atom is -0.420 e. The van der Waals surface area contributed by atoms with Crippen LogP contribution in [0.4, 0.5) is 28.9 Å². The van der Waals surface area contributed by atoms with Crippen LogP contribution in [0.25, 0.3) is 0 Å². The molecule has 2 aliphatic heterocycles. The standard InChI is InChI=1S/2C10H9ClF2N.2C5H5.Ti/c2*11-4-7-5-14(6-7)10-2-1-8(12)3-9(10)13;2*1-2-4-5-3-1;/h2*1-2,7H,4-6H2;2*1-3H,4H2;/q4*-1;+4. The molecule has 4 aliphatic rings. The number of allylic oxidation sites excluding steroid dienone is 8. The third-order valence-corrected chi connectivity index (χ3v) is 6.76. The van der Waals surface area contributed by atoms with Gasteiger partial charge in [0.15, 0.2) is 0 Å². The van der Waals surface area contributed by atoms with Crippen molar-refractivity contribution in [2.75, 3.05) is 47.7 Å². The second-order valence-electron chi connectivity index (χ2n) is 8.87. The summed E-state index contributed by atoms with van der Waals surface area (Å²) in [5, 5.41) is 0. The van der Waals surface area contributed by atoms with Gasteiger partial charge in [0.1, 0.15) is 0 Å². The molecule has 2 fully saturated rings. The van der Waals surface area contributed by atoms with Crippen LogP contribution in [0, 0.1) is 59.4 Å². The number of alkyl halides is 2. The third kappa shape index (κ3) is 10.8. The number of anilines is 2. The summed E-state index contributed by atoms with van der Waals surface area (Å²) < 4.78 is 51.4. The van der Waals surface area contributed by atoms with E-state index in [1.165, 1.54) is 24.3 Å². The summed E-state index contributed by atoms with van der Waals surface area (Å²) >= 11 is 11.3. The number of hydrogen-bond donors (Lipinski definition) is 0. The minimum absolute atomic E-state index is 0. The van der Waals surface area contributed by atoms with Gasteiger partial charge in [-0.05, 0) is 11.4 Å². The van der Waals surface area contributed by atoms with Gasteiger partial charge in [-0.25, -0.2) is 41.9 Å². The Hall–Kier alpha value is -1.99. The van der Waals surface area contributed by atoms with Gasteiger partial charge in [-0.1, -0.05) is 0 Å². The molecule has 2 heterocycles.